The molecule has 27 heavy (non-hydrogen) atoms. The Morgan fingerprint density at radius 2 is 1.70 bits per heavy atom. The Labute approximate surface area is 171 Å². The number of hydrogen-bond donors (Lipinski definition) is 0. The van der Waals surface area contributed by atoms with Crippen LogP contribution in [-0.2, 0) is 6.54 Å². The second kappa shape index (κ2) is 8.02. The maximum absolute atomic E-state index is 6.21. The zero-order valence-corrected chi connectivity index (χ0v) is 16.5. The van der Waals surface area contributed by atoms with Gasteiger partial charge in [0, 0.05) is 37.4 Å². The molecule has 0 bridgehead atoms. The van der Waals surface area contributed by atoms with Gasteiger partial charge in [0.2, 0.25) is 11.8 Å². The zero-order valence-electron chi connectivity index (χ0n) is 14.3. The third-order valence-electron chi connectivity index (χ3n) is 4.40. The van der Waals surface area contributed by atoms with Gasteiger partial charge in [-0.3, -0.25) is 4.90 Å². The van der Waals surface area contributed by atoms with Gasteiger partial charge < -0.3 is 9.32 Å². The van der Waals surface area contributed by atoms with E-state index in [0.717, 1.165) is 32.0 Å². The van der Waals surface area contributed by atoms with E-state index in [2.05, 4.69) is 25.0 Å². The van der Waals surface area contributed by atoms with Crippen LogP contribution in [0.15, 0.2) is 40.9 Å². The standard InChI is InChI=1S/C18H16Cl3N5O/c19-12-1-3-14(15(21)9-12)18-24-23-17(27-18)11-25-5-7-26(8-6-25)16-4-2-13(20)10-22-16/h1-4,9-10H,5-8,11H2. The number of anilines is 1. The van der Waals surface area contributed by atoms with E-state index in [1.807, 2.05) is 12.1 Å². The van der Waals surface area contributed by atoms with Crippen molar-refractivity contribution >= 4 is 40.6 Å². The Morgan fingerprint density at radius 1 is 0.926 bits per heavy atom. The molecule has 3 heterocycles. The van der Waals surface area contributed by atoms with Crippen LogP contribution in [0.5, 0.6) is 0 Å². The third kappa shape index (κ3) is 4.35. The van der Waals surface area contributed by atoms with Crippen LogP contribution in [0, 0.1) is 0 Å². The highest BCUT2D eigenvalue weighted by molar-refractivity contribution is 6.36. The molecule has 1 aliphatic heterocycles. The van der Waals surface area contributed by atoms with E-state index in [0.29, 0.717) is 39.0 Å². The molecular weight excluding hydrogens is 409 g/mol. The molecule has 1 aromatic carbocycles. The zero-order chi connectivity index (χ0) is 18.8. The van der Waals surface area contributed by atoms with Gasteiger partial charge in [0.05, 0.1) is 22.2 Å². The van der Waals surface area contributed by atoms with Crippen molar-refractivity contribution in [3.8, 4) is 11.5 Å². The maximum Gasteiger partial charge on any atom is 0.249 e. The first-order valence-corrected chi connectivity index (χ1v) is 9.58. The highest BCUT2D eigenvalue weighted by Gasteiger charge is 2.20. The lowest BCUT2D eigenvalue weighted by Crippen LogP contribution is -2.46. The summed E-state index contributed by atoms with van der Waals surface area (Å²) in [6.45, 7) is 4.10. The van der Waals surface area contributed by atoms with Crippen LogP contribution in [0.4, 0.5) is 5.82 Å². The van der Waals surface area contributed by atoms with E-state index in [4.69, 9.17) is 39.2 Å². The summed E-state index contributed by atoms with van der Waals surface area (Å²) >= 11 is 18.0. The molecule has 4 rings (SSSR count). The number of nitrogens with zero attached hydrogens (tertiary/aromatic N) is 5. The summed E-state index contributed by atoms with van der Waals surface area (Å²) in [6, 6.07) is 8.99. The number of pyridine rings is 1. The number of aromatic nitrogens is 3. The first kappa shape index (κ1) is 18.5. The van der Waals surface area contributed by atoms with Crippen LogP contribution in [0.2, 0.25) is 15.1 Å². The number of halogens is 3. The fourth-order valence-corrected chi connectivity index (χ4v) is 3.57. The molecule has 6 nitrogen and oxygen atoms in total. The summed E-state index contributed by atoms with van der Waals surface area (Å²) in [4.78, 5) is 8.88. The molecule has 0 radical (unpaired) electrons. The van der Waals surface area contributed by atoms with E-state index in [-0.39, 0.29) is 0 Å². The lowest BCUT2D eigenvalue weighted by molar-refractivity contribution is 0.226. The Bertz CT molecular complexity index is 923. The smallest absolute Gasteiger partial charge is 0.249 e. The van der Waals surface area contributed by atoms with Gasteiger partial charge in [0.25, 0.3) is 0 Å². The Hall–Kier alpha value is -1.86. The van der Waals surface area contributed by atoms with E-state index in [9.17, 15) is 0 Å². The molecule has 0 aliphatic carbocycles. The molecule has 9 heteroatoms. The average Bonchev–Trinajstić information content (AvgIpc) is 3.11. The van der Waals surface area contributed by atoms with Gasteiger partial charge in [0.15, 0.2) is 0 Å². The largest absolute Gasteiger partial charge is 0.419 e. The summed E-state index contributed by atoms with van der Waals surface area (Å²) in [5, 5.41) is 9.95. The minimum Gasteiger partial charge on any atom is -0.419 e. The first-order valence-electron chi connectivity index (χ1n) is 8.45. The Morgan fingerprint density at radius 3 is 2.41 bits per heavy atom. The van der Waals surface area contributed by atoms with Crippen LogP contribution < -0.4 is 4.90 Å². The van der Waals surface area contributed by atoms with Crippen molar-refractivity contribution in [2.24, 2.45) is 0 Å². The molecule has 1 saturated heterocycles. The molecule has 0 atom stereocenters. The van der Waals surface area contributed by atoms with E-state index in [1.54, 1.807) is 24.4 Å². The van der Waals surface area contributed by atoms with E-state index in [1.165, 1.54) is 0 Å². The van der Waals surface area contributed by atoms with Gasteiger partial charge in [-0.25, -0.2) is 4.98 Å². The summed E-state index contributed by atoms with van der Waals surface area (Å²) < 4.78 is 5.79. The van der Waals surface area contributed by atoms with Crippen LogP contribution in [0.1, 0.15) is 5.89 Å². The Balaban J connectivity index is 1.37. The van der Waals surface area contributed by atoms with Crippen LogP contribution in [-0.4, -0.2) is 46.3 Å². The molecule has 0 spiro atoms. The highest BCUT2D eigenvalue weighted by atomic mass is 35.5. The van der Waals surface area contributed by atoms with Crippen molar-refractivity contribution in [2.45, 2.75) is 6.54 Å². The summed E-state index contributed by atoms with van der Waals surface area (Å²) in [5.41, 5.74) is 0.679. The second-order valence-corrected chi connectivity index (χ2v) is 7.50. The predicted molar refractivity (Wildman–Crippen MR) is 106 cm³/mol. The average molecular weight is 425 g/mol. The van der Waals surface area contributed by atoms with Crippen molar-refractivity contribution in [3.63, 3.8) is 0 Å². The van der Waals surface area contributed by atoms with Crippen LogP contribution in [0.3, 0.4) is 0 Å². The summed E-state index contributed by atoms with van der Waals surface area (Å²) in [6.07, 6.45) is 1.67. The quantitative estimate of drug-likeness (QED) is 0.618. The fourth-order valence-electron chi connectivity index (χ4n) is 2.97. The molecule has 0 unspecified atom stereocenters. The van der Waals surface area contributed by atoms with Crippen LogP contribution >= 0.6 is 34.8 Å². The number of hydrogen-bond acceptors (Lipinski definition) is 6. The lowest BCUT2D eigenvalue weighted by atomic mass is 10.2. The second-order valence-electron chi connectivity index (χ2n) is 6.22. The van der Waals surface area contributed by atoms with Crippen molar-refractivity contribution in [2.75, 3.05) is 31.1 Å². The van der Waals surface area contributed by atoms with Gasteiger partial charge in [-0.15, -0.1) is 10.2 Å². The molecule has 1 aliphatic rings. The molecule has 0 amide bonds. The molecule has 1 fully saturated rings. The lowest BCUT2D eigenvalue weighted by Gasteiger charge is -2.34. The van der Waals surface area contributed by atoms with Gasteiger partial charge >= 0.3 is 0 Å². The van der Waals surface area contributed by atoms with Crippen molar-refractivity contribution in [1.29, 1.82) is 0 Å². The molecular formula is C18H16Cl3N5O. The van der Waals surface area contributed by atoms with Crippen molar-refractivity contribution in [1.82, 2.24) is 20.1 Å². The number of benzene rings is 1. The Kier molecular flexibility index (Phi) is 5.50. The number of rotatable bonds is 4. The SMILES string of the molecule is Clc1ccc(N2CCN(Cc3nnc(-c4ccc(Cl)cc4Cl)o3)CC2)nc1. The minimum absolute atomic E-state index is 0.399. The minimum atomic E-state index is 0.399. The molecule has 2 aromatic heterocycles. The molecule has 3 aromatic rings. The molecule has 140 valence electrons. The topological polar surface area (TPSA) is 58.3 Å². The normalized spacial score (nSPS) is 15.3. The van der Waals surface area contributed by atoms with Crippen molar-refractivity contribution < 1.29 is 4.42 Å². The van der Waals surface area contributed by atoms with Gasteiger partial charge in [-0.05, 0) is 30.3 Å². The molecule has 0 N–H and O–H groups in total. The third-order valence-corrected chi connectivity index (χ3v) is 5.17. The fraction of sp³-hybridized carbons (Fsp3) is 0.278. The van der Waals surface area contributed by atoms with Gasteiger partial charge in [-0.1, -0.05) is 34.8 Å². The van der Waals surface area contributed by atoms with Crippen molar-refractivity contribution in [3.05, 3.63) is 57.5 Å². The molecule has 0 saturated carbocycles. The van der Waals surface area contributed by atoms with Gasteiger partial charge in [0.1, 0.15) is 5.82 Å². The van der Waals surface area contributed by atoms with Gasteiger partial charge in [-0.2, -0.15) is 0 Å². The monoisotopic (exact) mass is 423 g/mol. The highest BCUT2D eigenvalue weighted by Crippen LogP contribution is 2.29. The summed E-state index contributed by atoms with van der Waals surface area (Å²) in [7, 11) is 0. The van der Waals surface area contributed by atoms with Crippen LogP contribution in [0.25, 0.3) is 11.5 Å². The summed E-state index contributed by atoms with van der Waals surface area (Å²) in [5.74, 6) is 1.90. The first-order chi connectivity index (χ1) is 13.1. The number of piperazine rings is 1. The van der Waals surface area contributed by atoms with E-state index >= 15 is 0 Å². The van der Waals surface area contributed by atoms with E-state index < -0.39 is 0 Å². The maximum atomic E-state index is 6.21. The predicted octanol–water partition coefficient (Wildman–Crippen LogP) is 4.41.